The first-order valence-corrected chi connectivity index (χ1v) is 8.98. The number of likely N-dealkylation sites (tertiary alicyclic amines) is 1. The van der Waals surface area contributed by atoms with Crippen molar-refractivity contribution >= 4 is 23.4 Å². The van der Waals surface area contributed by atoms with Gasteiger partial charge in [-0.1, -0.05) is 29.4 Å². The Labute approximate surface area is 146 Å². The van der Waals surface area contributed by atoms with E-state index in [4.69, 9.17) is 0 Å². The Morgan fingerprint density at radius 3 is 2.52 bits per heavy atom. The van der Waals surface area contributed by atoms with Crippen LogP contribution in [0.4, 0.5) is 17.6 Å². The molecule has 1 aromatic carbocycles. The van der Waals surface area contributed by atoms with Gasteiger partial charge in [0.1, 0.15) is 0 Å². The van der Waals surface area contributed by atoms with Crippen LogP contribution in [-0.2, 0) is 15.3 Å². The Kier molecular flexibility index (Phi) is 4.70. The van der Waals surface area contributed by atoms with Gasteiger partial charge in [0, 0.05) is 6.42 Å². The van der Waals surface area contributed by atoms with E-state index < -0.39 is 17.9 Å². The third-order valence-electron chi connectivity index (χ3n) is 4.27. The lowest BCUT2D eigenvalue weighted by Crippen LogP contribution is -2.59. The maximum Gasteiger partial charge on any atom is 0.428 e. The van der Waals surface area contributed by atoms with Crippen molar-refractivity contribution in [2.75, 3.05) is 25.1 Å². The molecule has 1 saturated heterocycles. The maximum absolute atomic E-state index is 14.8. The van der Waals surface area contributed by atoms with Crippen LogP contribution in [0.2, 0.25) is 0 Å². The standard InChI is InChI=1S/C16H16F4N2O2S/c1-25-7-14(23)22-8-15(17,9-22)11-4-2-10(3-5-11)12-6-13(24-21-12)16(18,19)20/h2-5,13H,6-9H2,1H3. The average molecular weight is 376 g/mol. The summed E-state index contributed by atoms with van der Waals surface area (Å²) in [6.07, 6.45) is -4.96. The van der Waals surface area contributed by atoms with Gasteiger partial charge in [-0.25, -0.2) is 4.39 Å². The zero-order valence-corrected chi connectivity index (χ0v) is 14.2. The van der Waals surface area contributed by atoms with E-state index in [1.54, 1.807) is 6.26 Å². The molecule has 136 valence electrons. The topological polar surface area (TPSA) is 41.9 Å². The van der Waals surface area contributed by atoms with Crippen LogP contribution in [0.3, 0.4) is 0 Å². The molecule has 0 aromatic heterocycles. The number of rotatable bonds is 4. The molecule has 3 rings (SSSR count). The van der Waals surface area contributed by atoms with Crippen molar-refractivity contribution in [2.24, 2.45) is 5.16 Å². The lowest BCUT2D eigenvalue weighted by Gasteiger charge is -2.44. The first-order valence-electron chi connectivity index (χ1n) is 7.59. The molecule has 1 fully saturated rings. The lowest BCUT2D eigenvalue weighted by atomic mass is 9.87. The van der Waals surface area contributed by atoms with Gasteiger partial charge in [0.05, 0.1) is 24.6 Å². The van der Waals surface area contributed by atoms with Gasteiger partial charge in [0.2, 0.25) is 12.0 Å². The second-order valence-electron chi connectivity index (χ2n) is 6.10. The minimum atomic E-state index is -4.47. The molecule has 0 bridgehead atoms. The molecule has 0 saturated carbocycles. The average Bonchev–Trinajstić information content (AvgIpc) is 3.02. The second kappa shape index (κ2) is 6.51. The third-order valence-corrected chi connectivity index (χ3v) is 4.81. The van der Waals surface area contributed by atoms with E-state index in [9.17, 15) is 22.4 Å². The van der Waals surface area contributed by atoms with Crippen molar-refractivity contribution < 1.29 is 27.2 Å². The molecule has 1 unspecified atom stereocenters. The molecule has 9 heteroatoms. The first kappa shape index (κ1) is 18.0. The van der Waals surface area contributed by atoms with Gasteiger partial charge < -0.3 is 9.74 Å². The van der Waals surface area contributed by atoms with E-state index in [-0.39, 0.29) is 31.1 Å². The molecule has 2 aliphatic heterocycles. The lowest BCUT2D eigenvalue weighted by molar-refractivity contribution is -0.212. The molecular formula is C16H16F4N2O2S. The monoisotopic (exact) mass is 376 g/mol. The summed E-state index contributed by atoms with van der Waals surface area (Å²) in [4.78, 5) is 17.6. The Morgan fingerprint density at radius 1 is 1.36 bits per heavy atom. The van der Waals surface area contributed by atoms with E-state index in [1.165, 1.54) is 40.9 Å². The van der Waals surface area contributed by atoms with Crippen LogP contribution in [0.15, 0.2) is 29.4 Å². The van der Waals surface area contributed by atoms with Gasteiger partial charge in [-0.15, -0.1) is 0 Å². The molecule has 0 spiro atoms. The Bertz CT molecular complexity index is 684. The van der Waals surface area contributed by atoms with Gasteiger partial charge in [-0.2, -0.15) is 24.9 Å². The fourth-order valence-electron chi connectivity index (χ4n) is 2.82. The van der Waals surface area contributed by atoms with Crippen molar-refractivity contribution in [3.05, 3.63) is 35.4 Å². The smallest absolute Gasteiger partial charge is 0.382 e. The van der Waals surface area contributed by atoms with E-state index >= 15 is 0 Å². The molecule has 25 heavy (non-hydrogen) atoms. The molecule has 0 radical (unpaired) electrons. The van der Waals surface area contributed by atoms with Crippen LogP contribution in [0, 0.1) is 0 Å². The van der Waals surface area contributed by atoms with E-state index in [0.29, 0.717) is 16.9 Å². The Hall–Kier alpha value is -1.77. The number of halogens is 4. The number of benzene rings is 1. The number of hydrogen-bond acceptors (Lipinski definition) is 4. The van der Waals surface area contributed by atoms with Crippen LogP contribution in [0.5, 0.6) is 0 Å². The molecule has 1 amide bonds. The number of carbonyl (C=O) groups is 1. The fraction of sp³-hybridized carbons (Fsp3) is 0.500. The SMILES string of the molecule is CSCC(=O)N1CC(F)(c2ccc(C3=NOC(C(F)(F)F)C3)cc2)C1. The number of nitrogens with zero attached hydrogens (tertiary/aromatic N) is 2. The number of hydrogen-bond donors (Lipinski definition) is 0. The van der Waals surface area contributed by atoms with E-state index in [1.807, 2.05) is 0 Å². The summed E-state index contributed by atoms with van der Waals surface area (Å²) in [5.41, 5.74) is -0.563. The number of amides is 1. The predicted octanol–water partition coefficient (Wildman–Crippen LogP) is 3.11. The van der Waals surface area contributed by atoms with Gasteiger partial charge in [0.25, 0.3) is 0 Å². The number of carbonyl (C=O) groups excluding carboxylic acids is 1. The van der Waals surface area contributed by atoms with Crippen molar-refractivity contribution in [3.8, 4) is 0 Å². The highest BCUT2D eigenvalue weighted by atomic mass is 32.2. The van der Waals surface area contributed by atoms with Crippen LogP contribution in [-0.4, -0.2) is 53.9 Å². The molecule has 4 nitrogen and oxygen atoms in total. The van der Waals surface area contributed by atoms with Gasteiger partial charge >= 0.3 is 6.18 Å². The summed E-state index contributed by atoms with van der Waals surface area (Å²) in [5.74, 6) is 0.211. The summed E-state index contributed by atoms with van der Waals surface area (Å²) >= 11 is 1.38. The zero-order chi connectivity index (χ0) is 18.2. The van der Waals surface area contributed by atoms with Crippen LogP contribution in [0.1, 0.15) is 17.5 Å². The number of oxime groups is 1. The molecule has 1 atom stereocenters. The van der Waals surface area contributed by atoms with Gasteiger partial charge in [-0.3, -0.25) is 4.79 Å². The highest BCUT2D eigenvalue weighted by Crippen LogP contribution is 2.37. The van der Waals surface area contributed by atoms with Gasteiger partial charge in [-0.05, 0) is 17.4 Å². The molecule has 0 N–H and O–H groups in total. The molecular weight excluding hydrogens is 360 g/mol. The highest BCUT2D eigenvalue weighted by molar-refractivity contribution is 7.99. The van der Waals surface area contributed by atoms with Crippen LogP contribution >= 0.6 is 11.8 Å². The summed E-state index contributed by atoms with van der Waals surface area (Å²) in [6.45, 7) is -0.0160. The minimum Gasteiger partial charge on any atom is -0.382 e. The summed E-state index contributed by atoms with van der Waals surface area (Å²) in [7, 11) is 0. The molecule has 1 aromatic rings. The van der Waals surface area contributed by atoms with Crippen LogP contribution < -0.4 is 0 Å². The van der Waals surface area contributed by atoms with Crippen LogP contribution in [0.25, 0.3) is 0 Å². The quantitative estimate of drug-likeness (QED) is 0.759. The predicted molar refractivity (Wildman–Crippen MR) is 86.3 cm³/mol. The van der Waals surface area contributed by atoms with E-state index in [0.717, 1.165) is 0 Å². The molecule has 0 aliphatic carbocycles. The first-order chi connectivity index (χ1) is 11.7. The Balaban J connectivity index is 1.63. The molecule has 2 heterocycles. The fourth-order valence-corrected chi connectivity index (χ4v) is 3.25. The van der Waals surface area contributed by atoms with Gasteiger partial charge in [0.15, 0.2) is 5.67 Å². The summed E-state index contributed by atoms with van der Waals surface area (Å²) < 4.78 is 52.6. The Morgan fingerprint density at radius 2 is 2.00 bits per heavy atom. The summed E-state index contributed by atoms with van der Waals surface area (Å²) in [5, 5.41) is 3.48. The largest absolute Gasteiger partial charge is 0.428 e. The third kappa shape index (κ3) is 3.61. The second-order valence-corrected chi connectivity index (χ2v) is 6.97. The van der Waals surface area contributed by atoms with Crippen molar-refractivity contribution in [2.45, 2.75) is 24.4 Å². The zero-order valence-electron chi connectivity index (χ0n) is 13.3. The van der Waals surface area contributed by atoms with Crippen molar-refractivity contribution in [1.82, 2.24) is 4.90 Å². The van der Waals surface area contributed by atoms with Crippen molar-refractivity contribution in [3.63, 3.8) is 0 Å². The number of thioether (sulfide) groups is 1. The van der Waals surface area contributed by atoms with E-state index in [2.05, 4.69) is 9.99 Å². The minimum absolute atomic E-state index is 0.00799. The maximum atomic E-state index is 14.8. The summed E-state index contributed by atoms with van der Waals surface area (Å²) in [6, 6.07) is 6.11. The normalized spacial score (nSPS) is 22.2. The highest BCUT2D eigenvalue weighted by Gasteiger charge is 2.47. The molecule has 2 aliphatic rings. The van der Waals surface area contributed by atoms with Crippen molar-refractivity contribution in [1.29, 1.82) is 0 Å². The number of alkyl halides is 4.